The summed E-state index contributed by atoms with van der Waals surface area (Å²) in [6.45, 7) is 6.99. The molecule has 0 saturated carbocycles. The maximum absolute atomic E-state index is 13.3. The van der Waals surface area contributed by atoms with Crippen LogP contribution in [0.5, 0.6) is 0 Å². The van der Waals surface area contributed by atoms with Gasteiger partial charge in [0, 0.05) is 26.1 Å². The Hall–Kier alpha value is -2.87. The van der Waals surface area contributed by atoms with Gasteiger partial charge in [-0.05, 0) is 55.9 Å². The van der Waals surface area contributed by atoms with E-state index in [-0.39, 0.29) is 24.8 Å². The average molecular weight is 502 g/mol. The molecule has 1 N–H and O–H groups in total. The second-order valence-electron chi connectivity index (χ2n) is 8.82. The molecule has 0 aliphatic rings. The summed E-state index contributed by atoms with van der Waals surface area (Å²) in [5, 5.41) is 2.92. The Balaban J connectivity index is 2.14. The van der Waals surface area contributed by atoms with Crippen LogP contribution in [0.1, 0.15) is 50.7 Å². The van der Waals surface area contributed by atoms with Gasteiger partial charge in [0.05, 0.1) is 11.9 Å². The van der Waals surface area contributed by atoms with Crippen molar-refractivity contribution in [3.05, 3.63) is 65.7 Å². The van der Waals surface area contributed by atoms with Gasteiger partial charge in [-0.25, -0.2) is 8.42 Å². The molecule has 0 spiro atoms. The van der Waals surface area contributed by atoms with Crippen molar-refractivity contribution in [2.75, 3.05) is 30.2 Å². The minimum absolute atomic E-state index is 0.142. The molecule has 0 radical (unpaired) electrons. The largest absolute Gasteiger partial charge is 0.354 e. The summed E-state index contributed by atoms with van der Waals surface area (Å²) in [6.07, 6.45) is 3.66. The van der Waals surface area contributed by atoms with Crippen molar-refractivity contribution in [1.29, 1.82) is 0 Å². The lowest BCUT2D eigenvalue weighted by atomic mass is 10.1. The van der Waals surface area contributed by atoms with Crippen LogP contribution in [-0.4, -0.2) is 57.1 Å². The van der Waals surface area contributed by atoms with E-state index < -0.39 is 16.1 Å². The number of sulfonamides is 1. The molecule has 0 aliphatic carbocycles. The Morgan fingerprint density at radius 1 is 1.00 bits per heavy atom. The molecule has 2 rings (SSSR count). The molecule has 35 heavy (non-hydrogen) atoms. The Bertz CT molecular complexity index is 1060. The van der Waals surface area contributed by atoms with Crippen molar-refractivity contribution >= 4 is 27.5 Å². The van der Waals surface area contributed by atoms with E-state index in [1.165, 1.54) is 10.6 Å². The van der Waals surface area contributed by atoms with Crippen LogP contribution in [0.2, 0.25) is 0 Å². The Morgan fingerprint density at radius 2 is 1.71 bits per heavy atom. The Labute approximate surface area is 210 Å². The molecule has 0 bridgehead atoms. The van der Waals surface area contributed by atoms with Crippen molar-refractivity contribution < 1.29 is 18.0 Å². The predicted molar refractivity (Wildman–Crippen MR) is 142 cm³/mol. The fraction of sp³-hybridized carbons (Fsp3) is 0.481. The molecule has 2 amide bonds. The molecule has 1 atom stereocenters. The lowest BCUT2D eigenvalue weighted by Crippen LogP contribution is -2.50. The van der Waals surface area contributed by atoms with E-state index in [0.717, 1.165) is 17.5 Å². The van der Waals surface area contributed by atoms with E-state index in [9.17, 15) is 18.0 Å². The van der Waals surface area contributed by atoms with Crippen molar-refractivity contribution in [1.82, 2.24) is 10.2 Å². The van der Waals surface area contributed by atoms with Gasteiger partial charge in [0.1, 0.15) is 6.04 Å². The van der Waals surface area contributed by atoms with Crippen LogP contribution in [0.25, 0.3) is 0 Å². The van der Waals surface area contributed by atoms with Crippen LogP contribution in [0, 0.1) is 6.92 Å². The zero-order valence-electron chi connectivity index (χ0n) is 21.4. The number of benzene rings is 2. The van der Waals surface area contributed by atoms with Gasteiger partial charge in [0.25, 0.3) is 0 Å². The number of rotatable bonds is 14. The lowest BCUT2D eigenvalue weighted by molar-refractivity contribution is -0.140. The SMILES string of the molecule is CCCNC(=O)[C@@H](CC)N(CCc1ccccc1)C(=O)CCCN(c1cccc(C)c1)S(C)(=O)=O. The summed E-state index contributed by atoms with van der Waals surface area (Å²) < 4.78 is 26.2. The molecule has 0 fully saturated rings. The first-order valence-corrected chi connectivity index (χ1v) is 14.2. The summed E-state index contributed by atoms with van der Waals surface area (Å²) in [4.78, 5) is 27.8. The first-order chi connectivity index (χ1) is 16.7. The molecule has 192 valence electrons. The number of nitrogens with zero attached hydrogens (tertiary/aromatic N) is 2. The molecule has 0 aromatic heterocycles. The minimum atomic E-state index is -3.50. The second kappa shape index (κ2) is 13.9. The zero-order valence-corrected chi connectivity index (χ0v) is 22.2. The highest BCUT2D eigenvalue weighted by Crippen LogP contribution is 2.20. The molecular weight excluding hydrogens is 462 g/mol. The quantitative estimate of drug-likeness (QED) is 0.425. The number of amides is 2. The average Bonchev–Trinajstić information content (AvgIpc) is 2.82. The van der Waals surface area contributed by atoms with Crippen molar-refractivity contribution in [2.45, 2.75) is 58.9 Å². The zero-order chi connectivity index (χ0) is 25.8. The molecule has 8 heteroatoms. The summed E-state index contributed by atoms with van der Waals surface area (Å²) >= 11 is 0. The van der Waals surface area contributed by atoms with E-state index in [4.69, 9.17) is 0 Å². The second-order valence-corrected chi connectivity index (χ2v) is 10.7. The first kappa shape index (κ1) is 28.4. The smallest absolute Gasteiger partial charge is 0.242 e. The van der Waals surface area contributed by atoms with Crippen LogP contribution in [-0.2, 0) is 26.0 Å². The van der Waals surface area contributed by atoms with Gasteiger partial charge in [-0.2, -0.15) is 0 Å². The number of hydrogen-bond acceptors (Lipinski definition) is 4. The van der Waals surface area contributed by atoms with Gasteiger partial charge in [-0.1, -0.05) is 56.3 Å². The molecule has 0 unspecified atom stereocenters. The van der Waals surface area contributed by atoms with Crippen LogP contribution >= 0.6 is 0 Å². The summed E-state index contributed by atoms with van der Waals surface area (Å²) in [5.74, 6) is -0.287. The third-order valence-electron chi connectivity index (χ3n) is 5.86. The molecule has 7 nitrogen and oxygen atoms in total. The van der Waals surface area contributed by atoms with Gasteiger partial charge < -0.3 is 10.2 Å². The summed E-state index contributed by atoms with van der Waals surface area (Å²) in [6, 6.07) is 16.6. The third-order valence-corrected chi connectivity index (χ3v) is 7.06. The first-order valence-electron chi connectivity index (χ1n) is 12.3. The van der Waals surface area contributed by atoms with Crippen molar-refractivity contribution in [3.63, 3.8) is 0 Å². The van der Waals surface area contributed by atoms with E-state index in [2.05, 4.69) is 5.32 Å². The maximum Gasteiger partial charge on any atom is 0.242 e. The van der Waals surface area contributed by atoms with E-state index in [0.29, 0.717) is 38.0 Å². The third kappa shape index (κ3) is 9.02. The summed E-state index contributed by atoms with van der Waals surface area (Å²) in [7, 11) is -3.50. The predicted octanol–water partition coefficient (Wildman–Crippen LogP) is 3.92. The molecule has 0 heterocycles. The van der Waals surface area contributed by atoms with Gasteiger partial charge in [-0.15, -0.1) is 0 Å². The monoisotopic (exact) mass is 501 g/mol. The normalized spacial score (nSPS) is 12.1. The fourth-order valence-corrected chi connectivity index (χ4v) is 5.01. The van der Waals surface area contributed by atoms with Gasteiger partial charge >= 0.3 is 0 Å². The highest BCUT2D eigenvalue weighted by atomic mass is 32.2. The Kier molecular flexibility index (Phi) is 11.2. The fourth-order valence-electron chi connectivity index (χ4n) is 4.05. The molecule has 2 aromatic rings. The standard InChI is InChI=1S/C27H39N3O4S/c1-5-18-28-27(32)25(6-2)29(20-17-23-13-8-7-9-14-23)26(31)16-11-19-30(35(4,33)34)24-15-10-12-22(3)21-24/h7-10,12-15,21,25H,5-6,11,16-20H2,1-4H3,(H,28,32)/t25-/m1/s1. The number of anilines is 1. The van der Waals surface area contributed by atoms with Gasteiger partial charge in [0.2, 0.25) is 21.8 Å². The highest BCUT2D eigenvalue weighted by Gasteiger charge is 2.28. The maximum atomic E-state index is 13.3. The van der Waals surface area contributed by atoms with Crippen LogP contribution in [0.4, 0.5) is 5.69 Å². The molecular formula is C27H39N3O4S. The number of carbonyl (C=O) groups excluding carboxylic acids is 2. The van der Waals surface area contributed by atoms with Crippen molar-refractivity contribution in [3.8, 4) is 0 Å². The summed E-state index contributed by atoms with van der Waals surface area (Å²) in [5.41, 5.74) is 2.64. The van der Waals surface area contributed by atoms with Crippen molar-refractivity contribution in [2.24, 2.45) is 0 Å². The van der Waals surface area contributed by atoms with Crippen LogP contribution < -0.4 is 9.62 Å². The van der Waals surface area contributed by atoms with E-state index in [1.54, 1.807) is 11.0 Å². The Morgan fingerprint density at radius 3 is 2.31 bits per heavy atom. The number of hydrogen-bond donors (Lipinski definition) is 1. The lowest BCUT2D eigenvalue weighted by Gasteiger charge is -2.31. The molecule has 2 aromatic carbocycles. The highest BCUT2D eigenvalue weighted by molar-refractivity contribution is 7.92. The van der Waals surface area contributed by atoms with Crippen LogP contribution in [0.15, 0.2) is 54.6 Å². The topological polar surface area (TPSA) is 86.8 Å². The van der Waals surface area contributed by atoms with Gasteiger partial charge in [0.15, 0.2) is 0 Å². The van der Waals surface area contributed by atoms with E-state index >= 15 is 0 Å². The minimum Gasteiger partial charge on any atom is -0.354 e. The number of nitrogens with one attached hydrogen (secondary N) is 1. The molecule has 0 saturated heterocycles. The van der Waals surface area contributed by atoms with E-state index in [1.807, 2.05) is 69.3 Å². The van der Waals surface area contributed by atoms with Crippen LogP contribution in [0.3, 0.4) is 0 Å². The number of carbonyl (C=O) groups is 2. The number of aryl methyl sites for hydroxylation is 1. The van der Waals surface area contributed by atoms with Gasteiger partial charge in [-0.3, -0.25) is 13.9 Å². The molecule has 0 aliphatic heterocycles.